The van der Waals surface area contributed by atoms with E-state index in [0.717, 1.165) is 22.1 Å². The van der Waals surface area contributed by atoms with Gasteiger partial charge >= 0.3 is 5.69 Å². The van der Waals surface area contributed by atoms with Crippen molar-refractivity contribution in [2.75, 3.05) is 12.4 Å². The molecule has 2 aromatic carbocycles. The first-order valence-corrected chi connectivity index (χ1v) is 7.07. The van der Waals surface area contributed by atoms with Crippen molar-refractivity contribution in [2.45, 2.75) is 6.54 Å². The molecule has 0 saturated heterocycles. The fourth-order valence-corrected chi connectivity index (χ4v) is 2.38. The van der Waals surface area contributed by atoms with Crippen LogP contribution in [0.25, 0.3) is 10.8 Å². The summed E-state index contributed by atoms with van der Waals surface area (Å²) in [5, 5.41) is 16.2. The number of methoxy groups -OCH3 is 1. The van der Waals surface area contributed by atoms with Gasteiger partial charge in [-0.3, -0.25) is 10.1 Å². The molecule has 0 amide bonds. The van der Waals surface area contributed by atoms with Crippen molar-refractivity contribution >= 4 is 22.3 Å². The molecule has 0 radical (unpaired) electrons. The van der Waals surface area contributed by atoms with Crippen LogP contribution in [-0.2, 0) is 6.54 Å². The molecule has 6 nitrogen and oxygen atoms in total. The van der Waals surface area contributed by atoms with Crippen molar-refractivity contribution in [1.29, 1.82) is 0 Å². The van der Waals surface area contributed by atoms with Gasteiger partial charge in [-0.1, -0.05) is 18.2 Å². The molecule has 6 heteroatoms. The van der Waals surface area contributed by atoms with Crippen LogP contribution < -0.4 is 10.1 Å². The molecule has 0 unspecified atom stereocenters. The van der Waals surface area contributed by atoms with Gasteiger partial charge in [-0.2, -0.15) is 0 Å². The normalized spacial score (nSPS) is 10.5. The minimum atomic E-state index is -0.442. The third-order valence-corrected chi connectivity index (χ3v) is 3.55. The number of rotatable bonds is 5. The zero-order valence-electron chi connectivity index (χ0n) is 12.5. The highest BCUT2D eigenvalue weighted by atomic mass is 16.6. The number of nitro groups is 1. The maximum Gasteiger partial charge on any atom is 0.311 e. The summed E-state index contributed by atoms with van der Waals surface area (Å²) in [5.74, 6) is 1.08. The molecule has 3 aromatic rings. The van der Waals surface area contributed by atoms with Crippen LogP contribution in [0.15, 0.2) is 54.7 Å². The fraction of sp³-hybridized carbons (Fsp3) is 0.118. The Kier molecular flexibility index (Phi) is 4.05. The molecule has 3 rings (SSSR count). The Morgan fingerprint density at radius 3 is 2.74 bits per heavy atom. The fourth-order valence-electron chi connectivity index (χ4n) is 2.38. The molecule has 0 fully saturated rings. The number of ether oxygens (including phenoxy) is 1. The highest BCUT2D eigenvalue weighted by molar-refractivity contribution is 5.84. The summed E-state index contributed by atoms with van der Waals surface area (Å²) in [5.41, 5.74) is 0.987. The number of fused-ring (bicyclic) bond motifs is 1. The lowest BCUT2D eigenvalue weighted by atomic mass is 10.1. The van der Waals surface area contributed by atoms with E-state index in [9.17, 15) is 10.1 Å². The van der Waals surface area contributed by atoms with Crippen LogP contribution >= 0.6 is 0 Å². The van der Waals surface area contributed by atoms with E-state index in [-0.39, 0.29) is 11.5 Å². The summed E-state index contributed by atoms with van der Waals surface area (Å²) < 4.78 is 5.21. The maximum atomic E-state index is 11.0. The first-order chi connectivity index (χ1) is 11.2. The van der Waals surface area contributed by atoms with Crippen molar-refractivity contribution in [3.8, 4) is 5.75 Å². The van der Waals surface area contributed by atoms with Gasteiger partial charge in [0.2, 0.25) is 5.82 Å². The van der Waals surface area contributed by atoms with E-state index in [1.165, 1.54) is 12.3 Å². The molecule has 0 aliphatic carbocycles. The number of benzene rings is 2. The van der Waals surface area contributed by atoms with Crippen LogP contribution in [0.4, 0.5) is 11.5 Å². The molecule has 1 N–H and O–H groups in total. The molecular weight excluding hydrogens is 294 g/mol. The summed E-state index contributed by atoms with van der Waals surface area (Å²) in [4.78, 5) is 14.6. The van der Waals surface area contributed by atoms with Gasteiger partial charge in [-0.05, 0) is 40.6 Å². The van der Waals surface area contributed by atoms with E-state index in [4.69, 9.17) is 4.74 Å². The largest absolute Gasteiger partial charge is 0.497 e. The molecule has 0 saturated carbocycles. The number of anilines is 1. The highest BCUT2D eigenvalue weighted by Crippen LogP contribution is 2.24. The van der Waals surface area contributed by atoms with Crippen LogP contribution in [0.3, 0.4) is 0 Å². The predicted molar refractivity (Wildman–Crippen MR) is 88.7 cm³/mol. The quantitative estimate of drug-likeness (QED) is 0.573. The number of nitrogens with one attached hydrogen (secondary N) is 1. The Bertz CT molecular complexity index is 865. The lowest BCUT2D eigenvalue weighted by molar-refractivity contribution is -0.384. The predicted octanol–water partition coefficient (Wildman–Crippen LogP) is 3.76. The molecule has 1 aromatic heterocycles. The highest BCUT2D eigenvalue weighted by Gasteiger charge is 2.13. The van der Waals surface area contributed by atoms with Crippen LogP contribution in [0.1, 0.15) is 5.56 Å². The van der Waals surface area contributed by atoms with E-state index in [2.05, 4.69) is 10.3 Å². The molecule has 0 aliphatic rings. The van der Waals surface area contributed by atoms with Gasteiger partial charge in [-0.15, -0.1) is 0 Å². The number of hydrogen-bond acceptors (Lipinski definition) is 5. The van der Waals surface area contributed by atoms with E-state index in [0.29, 0.717) is 6.54 Å². The summed E-state index contributed by atoms with van der Waals surface area (Å²) >= 11 is 0. The average Bonchev–Trinajstić information content (AvgIpc) is 2.59. The summed E-state index contributed by atoms with van der Waals surface area (Å²) in [7, 11) is 1.64. The van der Waals surface area contributed by atoms with Gasteiger partial charge in [-0.25, -0.2) is 4.98 Å². The van der Waals surface area contributed by atoms with Gasteiger partial charge in [0.1, 0.15) is 5.75 Å². The Morgan fingerprint density at radius 1 is 1.17 bits per heavy atom. The van der Waals surface area contributed by atoms with Crippen LogP contribution in [-0.4, -0.2) is 17.0 Å². The van der Waals surface area contributed by atoms with Gasteiger partial charge in [0.25, 0.3) is 0 Å². The van der Waals surface area contributed by atoms with Crippen molar-refractivity contribution in [3.05, 3.63) is 70.4 Å². The molecule has 1 heterocycles. The van der Waals surface area contributed by atoms with E-state index < -0.39 is 4.92 Å². The molecule has 116 valence electrons. The van der Waals surface area contributed by atoms with Crippen LogP contribution in [0, 0.1) is 10.1 Å². The lowest BCUT2D eigenvalue weighted by Gasteiger charge is -2.08. The summed E-state index contributed by atoms with van der Waals surface area (Å²) in [6, 6.07) is 14.9. The zero-order chi connectivity index (χ0) is 16.2. The Labute approximate surface area is 132 Å². The third-order valence-electron chi connectivity index (χ3n) is 3.55. The number of hydrogen-bond donors (Lipinski definition) is 1. The topological polar surface area (TPSA) is 77.3 Å². The smallest absolute Gasteiger partial charge is 0.311 e. The minimum absolute atomic E-state index is 0.0296. The van der Waals surface area contributed by atoms with E-state index in [1.807, 2.05) is 36.4 Å². The van der Waals surface area contributed by atoms with Gasteiger partial charge in [0.15, 0.2) is 0 Å². The Morgan fingerprint density at radius 2 is 1.96 bits per heavy atom. The number of aromatic nitrogens is 1. The third kappa shape index (κ3) is 3.21. The average molecular weight is 309 g/mol. The monoisotopic (exact) mass is 309 g/mol. The number of nitrogens with zero attached hydrogens (tertiary/aromatic N) is 2. The Hall–Kier alpha value is -3.15. The molecule has 0 bridgehead atoms. The van der Waals surface area contributed by atoms with Gasteiger partial charge < -0.3 is 10.1 Å². The van der Waals surface area contributed by atoms with E-state index in [1.54, 1.807) is 13.2 Å². The maximum absolute atomic E-state index is 11.0. The first kappa shape index (κ1) is 14.8. The van der Waals surface area contributed by atoms with Crippen molar-refractivity contribution in [2.24, 2.45) is 0 Å². The van der Waals surface area contributed by atoms with E-state index >= 15 is 0 Å². The van der Waals surface area contributed by atoms with Crippen LogP contribution in [0.2, 0.25) is 0 Å². The minimum Gasteiger partial charge on any atom is -0.497 e. The van der Waals surface area contributed by atoms with Crippen molar-refractivity contribution in [1.82, 2.24) is 4.98 Å². The standard InChI is InChI=1S/C17H15N3O3/c1-23-15-7-6-13-9-12(4-5-14(13)10-15)11-19-17-16(20(21)22)3-2-8-18-17/h2-10H,11H2,1H3,(H,18,19). The van der Waals surface area contributed by atoms with Gasteiger partial charge in [0, 0.05) is 18.8 Å². The zero-order valence-corrected chi connectivity index (χ0v) is 12.5. The SMILES string of the molecule is COc1ccc2cc(CNc3ncccc3[N+](=O)[O-])ccc2c1. The number of pyridine rings is 1. The molecule has 0 aliphatic heterocycles. The second kappa shape index (κ2) is 6.31. The van der Waals surface area contributed by atoms with Crippen molar-refractivity contribution in [3.63, 3.8) is 0 Å². The summed E-state index contributed by atoms with van der Waals surface area (Å²) in [6.45, 7) is 0.458. The lowest BCUT2D eigenvalue weighted by Crippen LogP contribution is -2.04. The summed E-state index contributed by atoms with van der Waals surface area (Å²) in [6.07, 6.45) is 1.53. The molecular formula is C17H15N3O3. The second-order valence-electron chi connectivity index (χ2n) is 5.03. The van der Waals surface area contributed by atoms with Crippen LogP contribution in [0.5, 0.6) is 5.75 Å². The Balaban J connectivity index is 1.81. The first-order valence-electron chi connectivity index (χ1n) is 7.07. The molecule has 23 heavy (non-hydrogen) atoms. The molecule has 0 atom stereocenters. The second-order valence-corrected chi connectivity index (χ2v) is 5.03. The van der Waals surface area contributed by atoms with Gasteiger partial charge in [0.05, 0.1) is 12.0 Å². The molecule has 0 spiro atoms. The van der Waals surface area contributed by atoms with Crippen molar-refractivity contribution < 1.29 is 9.66 Å².